The molecule has 0 unspecified atom stereocenters. The fraction of sp³-hybridized carbons (Fsp3) is 0.190. The largest absolute Gasteiger partial charge is 0.398 e. The summed E-state index contributed by atoms with van der Waals surface area (Å²) in [5, 5.41) is 11.5. The van der Waals surface area contributed by atoms with Gasteiger partial charge < -0.3 is 15.0 Å². The second kappa shape index (κ2) is 11.2. The van der Waals surface area contributed by atoms with Gasteiger partial charge in [-0.3, -0.25) is 4.79 Å². The van der Waals surface area contributed by atoms with Crippen molar-refractivity contribution in [1.82, 2.24) is 5.32 Å². The second-order valence-corrected chi connectivity index (χ2v) is 6.65. The van der Waals surface area contributed by atoms with Gasteiger partial charge in [-0.05, 0) is 25.1 Å². The molecular weight excluding hydrogens is 413 g/mol. The smallest absolute Gasteiger partial charge is 0.273 e. The van der Waals surface area contributed by atoms with Gasteiger partial charge in [0.15, 0.2) is 5.71 Å². The quantitative estimate of drug-likeness (QED) is 0.484. The lowest BCUT2D eigenvalue weighted by Gasteiger charge is -2.10. The summed E-state index contributed by atoms with van der Waals surface area (Å²) in [6, 6.07) is 12.5. The van der Waals surface area contributed by atoms with E-state index < -0.39 is 0 Å². The van der Waals surface area contributed by atoms with Crippen LogP contribution in [0.2, 0.25) is 10.0 Å². The predicted molar refractivity (Wildman–Crippen MR) is 117 cm³/mol. The van der Waals surface area contributed by atoms with Crippen molar-refractivity contribution in [2.45, 2.75) is 13.5 Å². The molecule has 6 nitrogen and oxygen atoms in total. The molecule has 0 fully saturated rings. The number of benzene rings is 2. The number of oxime groups is 2. The lowest BCUT2D eigenvalue weighted by atomic mass is 10.0. The Balaban J connectivity index is 2.13. The molecule has 2 rings (SSSR count). The molecule has 0 spiro atoms. The predicted octanol–water partition coefficient (Wildman–Crippen LogP) is 4.70. The maximum Gasteiger partial charge on any atom is 0.273 e. The van der Waals surface area contributed by atoms with E-state index in [9.17, 15) is 4.79 Å². The molecule has 2 aromatic carbocycles. The van der Waals surface area contributed by atoms with Crippen LogP contribution in [0.15, 0.2) is 58.9 Å². The normalized spacial score (nSPS) is 12.2. The van der Waals surface area contributed by atoms with Gasteiger partial charge in [-0.25, -0.2) is 0 Å². The average Bonchev–Trinajstić information content (AvgIpc) is 2.71. The highest BCUT2D eigenvalue weighted by Gasteiger charge is 2.17. The van der Waals surface area contributed by atoms with Gasteiger partial charge in [-0.2, -0.15) is 0 Å². The van der Waals surface area contributed by atoms with Crippen molar-refractivity contribution >= 4 is 46.6 Å². The number of carbonyl (C=O) groups is 1. The molecular formula is C21H21Cl2N3O3. The summed E-state index contributed by atoms with van der Waals surface area (Å²) >= 11 is 12.3. The molecule has 0 saturated carbocycles. The number of hydrogen-bond donors (Lipinski definition) is 1. The zero-order valence-corrected chi connectivity index (χ0v) is 17.8. The Hall–Kier alpha value is -2.83. The molecule has 0 aromatic heterocycles. The first-order valence-electron chi connectivity index (χ1n) is 8.68. The molecule has 0 bridgehead atoms. The van der Waals surface area contributed by atoms with Crippen LogP contribution in [0.25, 0.3) is 6.08 Å². The fourth-order valence-electron chi connectivity index (χ4n) is 2.41. The number of likely N-dealkylation sites (N-methyl/N-ethyl adjacent to an activating group) is 1. The highest BCUT2D eigenvalue weighted by molar-refractivity contribution is 6.45. The van der Waals surface area contributed by atoms with E-state index in [0.717, 1.165) is 5.56 Å². The number of nitrogens with zero attached hydrogens (tertiary/aromatic N) is 2. The van der Waals surface area contributed by atoms with E-state index in [0.29, 0.717) is 26.9 Å². The van der Waals surface area contributed by atoms with Crippen LogP contribution in [-0.2, 0) is 21.1 Å². The number of nitrogens with one attached hydrogen (secondary N) is 1. The Bertz CT molecular complexity index is 936. The van der Waals surface area contributed by atoms with Crippen LogP contribution in [-0.4, -0.2) is 31.5 Å². The SMILES string of the molecule is CNC(=O)C(=NOC)c1ccccc1CON=C(C)/C=C/c1c(Cl)cccc1Cl. The van der Waals surface area contributed by atoms with E-state index in [4.69, 9.17) is 32.9 Å². The van der Waals surface area contributed by atoms with Crippen molar-refractivity contribution in [3.63, 3.8) is 0 Å². The van der Waals surface area contributed by atoms with Gasteiger partial charge in [-0.1, -0.05) is 69.9 Å². The number of carbonyl (C=O) groups excluding carboxylic acids is 1. The van der Waals surface area contributed by atoms with Crippen LogP contribution >= 0.6 is 23.2 Å². The zero-order chi connectivity index (χ0) is 21.2. The lowest BCUT2D eigenvalue weighted by molar-refractivity contribution is -0.114. The molecule has 0 aliphatic rings. The van der Waals surface area contributed by atoms with E-state index in [1.165, 1.54) is 14.2 Å². The van der Waals surface area contributed by atoms with Crippen LogP contribution < -0.4 is 5.32 Å². The van der Waals surface area contributed by atoms with Crippen molar-refractivity contribution in [1.29, 1.82) is 0 Å². The van der Waals surface area contributed by atoms with Gasteiger partial charge in [0.05, 0.1) is 5.71 Å². The first-order valence-corrected chi connectivity index (χ1v) is 9.43. The average molecular weight is 434 g/mol. The van der Waals surface area contributed by atoms with Crippen molar-refractivity contribution in [3.8, 4) is 0 Å². The summed E-state index contributed by atoms with van der Waals surface area (Å²) in [6.45, 7) is 1.93. The maximum absolute atomic E-state index is 12.1. The molecule has 0 heterocycles. The van der Waals surface area contributed by atoms with Crippen LogP contribution in [0.5, 0.6) is 0 Å². The van der Waals surface area contributed by atoms with Crippen molar-refractivity contribution < 1.29 is 14.5 Å². The fourth-order valence-corrected chi connectivity index (χ4v) is 2.93. The van der Waals surface area contributed by atoms with Gasteiger partial charge in [0.1, 0.15) is 13.7 Å². The topological polar surface area (TPSA) is 72.3 Å². The number of allylic oxidation sites excluding steroid dienone is 1. The van der Waals surface area contributed by atoms with Gasteiger partial charge in [-0.15, -0.1) is 0 Å². The Labute approximate surface area is 179 Å². The number of amides is 1. The van der Waals surface area contributed by atoms with Crippen molar-refractivity contribution in [2.75, 3.05) is 14.2 Å². The van der Waals surface area contributed by atoms with Crippen molar-refractivity contribution in [3.05, 3.63) is 75.3 Å². The van der Waals surface area contributed by atoms with E-state index in [1.54, 1.807) is 49.4 Å². The van der Waals surface area contributed by atoms with Crippen LogP contribution in [0.1, 0.15) is 23.6 Å². The van der Waals surface area contributed by atoms with E-state index in [1.807, 2.05) is 12.1 Å². The number of rotatable bonds is 8. The minimum absolute atomic E-state index is 0.147. The molecule has 1 N–H and O–H groups in total. The molecule has 0 radical (unpaired) electrons. The molecule has 0 saturated heterocycles. The molecule has 29 heavy (non-hydrogen) atoms. The Morgan fingerprint density at radius 1 is 1.10 bits per heavy atom. The Morgan fingerprint density at radius 2 is 1.79 bits per heavy atom. The van der Waals surface area contributed by atoms with Crippen molar-refractivity contribution in [2.24, 2.45) is 10.3 Å². The molecule has 0 aliphatic heterocycles. The van der Waals surface area contributed by atoms with Crippen LogP contribution in [0.4, 0.5) is 0 Å². The summed E-state index contributed by atoms with van der Waals surface area (Å²) in [5.41, 5.74) is 2.82. The van der Waals surface area contributed by atoms with E-state index in [2.05, 4.69) is 15.6 Å². The van der Waals surface area contributed by atoms with Crippen LogP contribution in [0, 0.1) is 0 Å². The third-order valence-electron chi connectivity index (χ3n) is 3.82. The minimum atomic E-state index is -0.362. The summed E-state index contributed by atoms with van der Waals surface area (Å²) in [5.74, 6) is -0.362. The monoisotopic (exact) mass is 433 g/mol. The Morgan fingerprint density at radius 3 is 2.45 bits per heavy atom. The third-order valence-corrected chi connectivity index (χ3v) is 4.48. The molecule has 2 aromatic rings. The molecule has 152 valence electrons. The summed E-state index contributed by atoms with van der Waals surface area (Å²) in [4.78, 5) is 22.3. The number of hydrogen-bond acceptors (Lipinski definition) is 5. The highest BCUT2D eigenvalue weighted by atomic mass is 35.5. The van der Waals surface area contributed by atoms with Crippen LogP contribution in [0.3, 0.4) is 0 Å². The summed E-state index contributed by atoms with van der Waals surface area (Å²) in [7, 11) is 2.91. The van der Waals surface area contributed by atoms with Gasteiger partial charge in [0, 0.05) is 33.8 Å². The first-order chi connectivity index (χ1) is 14.0. The number of halogens is 2. The first kappa shape index (κ1) is 22.5. The second-order valence-electron chi connectivity index (χ2n) is 5.83. The van der Waals surface area contributed by atoms with E-state index >= 15 is 0 Å². The Kier molecular flexibility index (Phi) is 8.70. The van der Waals surface area contributed by atoms with E-state index in [-0.39, 0.29) is 18.2 Å². The molecule has 8 heteroatoms. The third kappa shape index (κ3) is 6.34. The standard InChI is InChI=1S/C21H21Cl2N3O3/c1-14(11-12-17-18(22)9-6-10-19(17)23)25-29-13-15-7-4-5-8-16(15)20(26-28-3)21(27)24-2/h4-12H,13H2,1-3H3,(H,24,27)/b12-11+,25-14?,26-20?. The molecule has 0 atom stereocenters. The van der Waals surface area contributed by atoms with Gasteiger partial charge in [0.25, 0.3) is 5.91 Å². The minimum Gasteiger partial charge on any atom is -0.398 e. The molecule has 0 aliphatic carbocycles. The summed E-state index contributed by atoms with van der Waals surface area (Å²) < 4.78 is 0. The molecule has 1 amide bonds. The summed E-state index contributed by atoms with van der Waals surface area (Å²) in [6.07, 6.45) is 3.52. The van der Waals surface area contributed by atoms with Gasteiger partial charge >= 0.3 is 0 Å². The zero-order valence-electron chi connectivity index (χ0n) is 16.3. The highest BCUT2D eigenvalue weighted by Crippen LogP contribution is 2.25. The van der Waals surface area contributed by atoms with Gasteiger partial charge in [0.2, 0.25) is 0 Å². The lowest BCUT2D eigenvalue weighted by Crippen LogP contribution is -2.29. The maximum atomic E-state index is 12.1.